The molecule has 0 fully saturated rings. The Morgan fingerprint density at radius 3 is 2.70 bits per heavy atom. The number of amides is 2. The summed E-state index contributed by atoms with van der Waals surface area (Å²) in [5, 5.41) is 6.42. The van der Waals surface area contributed by atoms with Crippen LogP contribution in [0, 0.1) is 6.92 Å². The maximum absolute atomic E-state index is 12.1. The first kappa shape index (κ1) is 17.2. The highest BCUT2D eigenvalue weighted by Gasteiger charge is 2.14. The Balaban J connectivity index is 1.95. The second-order valence-corrected chi connectivity index (χ2v) is 5.63. The van der Waals surface area contributed by atoms with Gasteiger partial charge >= 0.3 is 6.03 Å². The molecule has 23 heavy (non-hydrogen) atoms. The van der Waals surface area contributed by atoms with E-state index in [-0.39, 0.29) is 12.1 Å². The zero-order chi connectivity index (χ0) is 16.7. The number of urea groups is 1. The molecular formula is C17H20ClN3O2. The zero-order valence-corrected chi connectivity index (χ0v) is 13.9. The topological polar surface area (TPSA) is 63.2 Å². The number of methoxy groups -OCH3 is 1. The van der Waals surface area contributed by atoms with Gasteiger partial charge in [0.05, 0.1) is 12.6 Å². The van der Waals surface area contributed by atoms with E-state index in [0.29, 0.717) is 18.2 Å². The summed E-state index contributed by atoms with van der Waals surface area (Å²) >= 11 is 5.90. The molecule has 2 aromatic rings. The minimum Gasteiger partial charge on any atom is -0.382 e. The normalized spacial score (nSPS) is 11.8. The predicted molar refractivity (Wildman–Crippen MR) is 90.4 cm³/mol. The van der Waals surface area contributed by atoms with E-state index in [1.54, 1.807) is 31.6 Å². The number of carbonyl (C=O) groups is 1. The fourth-order valence-corrected chi connectivity index (χ4v) is 2.29. The molecular weight excluding hydrogens is 314 g/mol. The molecule has 1 aromatic carbocycles. The van der Waals surface area contributed by atoms with Gasteiger partial charge in [-0.3, -0.25) is 4.98 Å². The summed E-state index contributed by atoms with van der Waals surface area (Å²) in [4.78, 5) is 16.2. The number of hydrogen-bond donors (Lipinski definition) is 2. The number of carbonyl (C=O) groups excluding carboxylic acids is 1. The quantitative estimate of drug-likeness (QED) is 0.853. The van der Waals surface area contributed by atoms with Gasteiger partial charge in [0, 0.05) is 31.1 Å². The van der Waals surface area contributed by atoms with Gasteiger partial charge in [0.25, 0.3) is 0 Å². The third-order valence-corrected chi connectivity index (χ3v) is 3.74. The average molecular weight is 334 g/mol. The van der Waals surface area contributed by atoms with Crippen molar-refractivity contribution in [1.29, 1.82) is 0 Å². The van der Waals surface area contributed by atoms with E-state index >= 15 is 0 Å². The molecule has 122 valence electrons. The van der Waals surface area contributed by atoms with Crippen LogP contribution in [0.3, 0.4) is 0 Å². The molecule has 0 aliphatic heterocycles. The van der Waals surface area contributed by atoms with Gasteiger partial charge in [-0.2, -0.15) is 0 Å². The van der Waals surface area contributed by atoms with Gasteiger partial charge in [0.1, 0.15) is 0 Å². The van der Waals surface area contributed by atoms with Crippen molar-refractivity contribution < 1.29 is 9.53 Å². The Kier molecular flexibility index (Phi) is 6.38. The van der Waals surface area contributed by atoms with Gasteiger partial charge in [-0.15, -0.1) is 0 Å². The summed E-state index contributed by atoms with van der Waals surface area (Å²) in [6.07, 6.45) is 3.49. The molecule has 1 aromatic heterocycles. The maximum Gasteiger partial charge on any atom is 0.315 e. The summed E-state index contributed by atoms with van der Waals surface area (Å²) in [5.74, 6) is 0. The standard InChI is InChI=1S/C17H20ClN3O2/c1-12-9-19-8-7-14(12)10-20-17(22)21-16(11-23-2)13-3-5-15(18)6-4-13/h3-9,16H,10-11H2,1-2H3,(H2,20,21,22)/t16-/m1/s1. The summed E-state index contributed by atoms with van der Waals surface area (Å²) in [5.41, 5.74) is 3.01. The van der Waals surface area contributed by atoms with Gasteiger partial charge < -0.3 is 15.4 Å². The van der Waals surface area contributed by atoms with E-state index in [9.17, 15) is 4.79 Å². The van der Waals surface area contributed by atoms with Crippen molar-refractivity contribution in [1.82, 2.24) is 15.6 Å². The third kappa shape index (κ3) is 5.23. The number of ether oxygens (including phenoxy) is 1. The monoisotopic (exact) mass is 333 g/mol. The molecule has 2 N–H and O–H groups in total. The summed E-state index contributed by atoms with van der Waals surface area (Å²) < 4.78 is 5.19. The molecule has 0 radical (unpaired) electrons. The lowest BCUT2D eigenvalue weighted by atomic mass is 10.1. The number of pyridine rings is 1. The van der Waals surface area contributed by atoms with Gasteiger partial charge in [0.15, 0.2) is 0 Å². The molecule has 0 saturated carbocycles. The van der Waals surface area contributed by atoms with Crippen LogP contribution < -0.4 is 10.6 Å². The molecule has 1 atom stereocenters. The summed E-state index contributed by atoms with van der Waals surface area (Å²) in [7, 11) is 1.60. The first-order chi connectivity index (χ1) is 11.1. The van der Waals surface area contributed by atoms with Crippen LogP contribution >= 0.6 is 11.6 Å². The molecule has 0 aliphatic carbocycles. The van der Waals surface area contributed by atoms with Crippen LogP contribution in [-0.4, -0.2) is 24.7 Å². The SMILES string of the molecule is COC[C@@H](NC(=O)NCc1ccncc1C)c1ccc(Cl)cc1. The summed E-state index contributed by atoms with van der Waals surface area (Å²) in [6, 6.07) is 8.73. The predicted octanol–water partition coefficient (Wildman–Crippen LogP) is 3.23. The fourth-order valence-electron chi connectivity index (χ4n) is 2.17. The Hall–Kier alpha value is -2.11. The highest BCUT2D eigenvalue weighted by molar-refractivity contribution is 6.30. The van der Waals surface area contributed by atoms with E-state index in [1.807, 2.05) is 25.1 Å². The Morgan fingerprint density at radius 1 is 1.30 bits per heavy atom. The van der Waals surface area contributed by atoms with E-state index in [1.165, 1.54) is 0 Å². The Bertz CT molecular complexity index is 647. The van der Waals surface area contributed by atoms with Gasteiger partial charge in [-0.1, -0.05) is 23.7 Å². The fraction of sp³-hybridized carbons (Fsp3) is 0.294. The molecule has 0 saturated heterocycles. The second-order valence-electron chi connectivity index (χ2n) is 5.19. The number of nitrogens with zero attached hydrogens (tertiary/aromatic N) is 1. The summed E-state index contributed by atoms with van der Waals surface area (Å²) in [6.45, 7) is 2.78. The van der Waals surface area contributed by atoms with Crippen molar-refractivity contribution >= 4 is 17.6 Å². The van der Waals surface area contributed by atoms with Crippen LogP contribution in [0.15, 0.2) is 42.7 Å². The van der Waals surface area contributed by atoms with Crippen LogP contribution in [0.4, 0.5) is 4.79 Å². The Morgan fingerprint density at radius 2 is 2.04 bits per heavy atom. The van der Waals surface area contributed by atoms with Crippen LogP contribution in [0.2, 0.25) is 5.02 Å². The number of rotatable bonds is 6. The van der Waals surface area contributed by atoms with Crippen molar-refractivity contribution in [3.63, 3.8) is 0 Å². The maximum atomic E-state index is 12.1. The van der Waals surface area contributed by atoms with Crippen LogP contribution in [0.5, 0.6) is 0 Å². The largest absolute Gasteiger partial charge is 0.382 e. The molecule has 2 amide bonds. The lowest BCUT2D eigenvalue weighted by Crippen LogP contribution is -2.39. The van der Waals surface area contributed by atoms with E-state index in [2.05, 4.69) is 15.6 Å². The highest BCUT2D eigenvalue weighted by Crippen LogP contribution is 2.17. The molecule has 0 aliphatic rings. The van der Waals surface area contributed by atoms with Gasteiger partial charge in [-0.05, 0) is 41.8 Å². The average Bonchev–Trinajstić information content (AvgIpc) is 2.54. The molecule has 6 heteroatoms. The molecule has 5 nitrogen and oxygen atoms in total. The number of benzene rings is 1. The van der Waals surface area contributed by atoms with E-state index < -0.39 is 0 Å². The lowest BCUT2D eigenvalue weighted by molar-refractivity contribution is 0.166. The van der Waals surface area contributed by atoms with Crippen LogP contribution in [-0.2, 0) is 11.3 Å². The molecule has 1 heterocycles. The lowest BCUT2D eigenvalue weighted by Gasteiger charge is -2.19. The number of hydrogen-bond acceptors (Lipinski definition) is 3. The van der Waals surface area contributed by atoms with Crippen molar-refractivity contribution in [2.45, 2.75) is 19.5 Å². The smallest absolute Gasteiger partial charge is 0.315 e. The van der Waals surface area contributed by atoms with Crippen molar-refractivity contribution in [2.75, 3.05) is 13.7 Å². The highest BCUT2D eigenvalue weighted by atomic mass is 35.5. The second kappa shape index (κ2) is 8.50. The zero-order valence-electron chi connectivity index (χ0n) is 13.2. The molecule has 0 spiro atoms. The minimum absolute atomic E-state index is 0.240. The number of halogens is 1. The molecule has 0 bridgehead atoms. The van der Waals surface area contributed by atoms with E-state index in [4.69, 9.17) is 16.3 Å². The minimum atomic E-state index is -0.252. The first-order valence-corrected chi connectivity index (χ1v) is 7.66. The Labute approximate surface area is 141 Å². The van der Waals surface area contributed by atoms with Gasteiger partial charge in [-0.25, -0.2) is 4.79 Å². The van der Waals surface area contributed by atoms with Crippen molar-refractivity contribution in [3.05, 3.63) is 64.4 Å². The first-order valence-electron chi connectivity index (χ1n) is 7.28. The van der Waals surface area contributed by atoms with Crippen LogP contribution in [0.25, 0.3) is 0 Å². The number of aryl methyl sites for hydroxylation is 1. The van der Waals surface area contributed by atoms with Crippen LogP contribution in [0.1, 0.15) is 22.7 Å². The van der Waals surface area contributed by atoms with E-state index in [0.717, 1.165) is 16.7 Å². The molecule has 2 rings (SSSR count). The third-order valence-electron chi connectivity index (χ3n) is 3.49. The molecule has 0 unspecified atom stereocenters. The van der Waals surface area contributed by atoms with Gasteiger partial charge in [0.2, 0.25) is 0 Å². The van der Waals surface area contributed by atoms with Crippen molar-refractivity contribution in [2.24, 2.45) is 0 Å². The number of aromatic nitrogens is 1. The number of nitrogens with one attached hydrogen (secondary N) is 2. The van der Waals surface area contributed by atoms with Crippen molar-refractivity contribution in [3.8, 4) is 0 Å².